The predicted octanol–water partition coefficient (Wildman–Crippen LogP) is 1.23. The Morgan fingerprint density at radius 1 is 1.12 bits per heavy atom. The zero-order valence-electron chi connectivity index (χ0n) is 20.8. The van der Waals surface area contributed by atoms with Gasteiger partial charge in [-0.3, -0.25) is 14.4 Å². The molecule has 188 valence electrons. The topological polar surface area (TPSA) is 91.4 Å². The highest BCUT2D eigenvalue weighted by Crippen LogP contribution is 2.27. The monoisotopic (exact) mass is 474 g/mol. The van der Waals surface area contributed by atoms with Crippen molar-refractivity contribution in [2.75, 3.05) is 60.1 Å². The van der Waals surface area contributed by atoms with E-state index >= 15 is 0 Å². The van der Waals surface area contributed by atoms with Gasteiger partial charge in [0.25, 0.3) is 5.91 Å². The predicted molar refractivity (Wildman–Crippen MR) is 129 cm³/mol. The van der Waals surface area contributed by atoms with Crippen molar-refractivity contribution in [2.24, 2.45) is 5.92 Å². The fraction of sp³-hybridized carbons (Fsp3) is 0.640. The number of nitrogens with zero attached hydrogens (tertiary/aromatic N) is 3. The molecule has 0 saturated carbocycles. The lowest BCUT2D eigenvalue weighted by atomic mass is 10.1. The van der Waals surface area contributed by atoms with Crippen LogP contribution in [0.2, 0.25) is 0 Å². The standard InChI is InChI=1S/C25H38N4O5/c1-18(2)15-28(24(31)19-6-8-21(34-4)9-7-19)20-14-22(29(16-20)23(30)17-33-3)25(32)27-12-5-10-26-11-13-27/h6-9,18,20,22,26H,5,10-17H2,1-4H3. The van der Waals surface area contributed by atoms with E-state index in [2.05, 4.69) is 19.2 Å². The van der Waals surface area contributed by atoms with Crippen LogP contribution in [-0.4, -0.2) is 105 Å². The minimum atomic E-state index is -0.593. The van der Waals surface area contributed by atoms with E-state index in [-0.39, 0.29) is 36.3 Å². The minimum absolute atomic E-state index is 0.0444. The van der Waals surface area contributed by atoms with Crippen molar-refractivity contribution in [3.05, 3.63) is 29.8 Å². The van der Waals surface area contributed by atoms with Crippen LogP contribution in [0.5, 0.6) is 5.75 Å². The number of likely N-dealkylation sites (tertiary alicyclic amines) is 1. The first-order valence-corrected chi connectivity index (χ1v) is 12.1. The Hall–Kier alpha value is -2.65. The van der Waals surface area contributed by atoms with Gasteiger partial charge in [-0.15, -0.1) is 0 Å². The average Bonchev–Trinajstić information content (AvgIpc) is 3.09. The smallest absolute Gasteiger partial charge is 0.254 e. The van der Waals surface area contributed by atoms with Gasteiger partial charge in [0.2, 0.25) is 11.8 Å². The van der Waals surface area contributed by atoms with E-state index in [1.807, 2.05) is 9.80 Å². The van der Waals surface area contributed by atoms with E-state index in [9.17, 15) is 14.4 Å². The summed E-state index contributed by atoms with van der Waals surface area (Å²) in [7, 11) is 3.06. The van der Waals surface area contributed by atoms with Crippen LogP contribution in [0.3, 0.4) is 0 Å². The van der Waals surface area contributed by atoms with Gasteiger partial charge < -0.3 is 29.5 Å². The SMILES string of the molecule is COCC(=O)N1CC(N(CC(C)C)C(=O)c2ccc(OC)cc2)CC1C(=O)N1CCCNCC1. The fourth-order valence-electron chi connectivity index (χ4n) is 4.72. The quantitative estimate of drug-likeness (QED) is 0.610. The molecule has 0 aliphatic carbocycles. The highest BCUT2D eigenvalue weighted by Gasteiger charge is 2.44. The molecule has 3 rings (SSSR count). The largest absolute Gasteiger partial charge is 0.497 e. The first-order valence-electron chi connectivity index (χ1n) is 12.1. The van der Waals surface area contributed by atoms with Crippen LogP contribution in [-0.2, 0) is 14.3 Å². The summed E-state index contributed by atoms with van der Waals surface area (Å²) in [6.45, 7) is 7.79. The van der Waals surface area contributed by atoms with E-state index in [1.165, 1.54) is 7.11 Å². The molecule has 2 aliphatic heterocycles. The fourth-order valence-corrected chi connectivity index (χ4v) is 4.72. The molecular weight excluding hydrogens is 436 g/mol. The molecule has 0 radical (unpaired) electrons. The Bertz CT molecular complexity index is 836. The van der Waals surface area contributed by atoms with Crippen molar-refractivity contribution in [1.82, 2.24) is 20.0 Å². The minimum Gasteiger partial charge on any atom is -0.497 e. The van der Waals surface area contributed by atoms with Crippen LogP contribution in [0, 0.1) is 5.92 Å². The van der Waals surface area contributed by atoms with Crippen molar-refractivity contribution < 1.29 is 23.9 Å². The van der Waals surface area contributed by atoms with Gasteiger partial charge in [0, 0.05) is 45.4 Å². The summed E-state index contributed by atoms with van der Waals surface area (Å²) in [5, 5.41) is 3.31. The van der Waals surface area contributed by atoms with E-state index in [0.29, 0.717) is 43.9 Å². The molecule has 3 amide bonds. The number of carbonyl (C=O) groups excluding carboxylic acids is 3. The van der Waals surface area contributed by atoms with Gasteiger partial charge in [0.1, 0.15) is 18.4 Å². The van der Waals surface area contributed by atoms with Crippen LogP contribution < -0.4 is 10.1 Å². The van der Waals surface area contributed by atoms with Crippen molar-refractivity contribution in [1.29, 1.82) is 0 Å². The Labute approximate surface area is 202 Å². The van der Waals surface area contributed by atoms with Crippen molar-refractivity contribution in [2.45, 2.75) is 38.8 Å². The third-order valence-corrected chi connectivity index (χ3v) is 6.40. The van der Waals surface area contributed by atoms with Crippen LogP contribution in [0.25, 0.3) is 0 Å². The average molecular weight is 475 g/mol. The molecule has 1 N–H and O–H groups in total. The van der Waals surface area contributed by atoms with Crippen LogP contribution in [0.1, 0.15) is 37.0 Å². The summed E-state index contributed by atoms with van der Waals surface area (Å²) >= 11 is 0. The lowest BCUT2D eigenvalue weighted by Crippen LogP contribution is -2.49. The third-order valence-electron chi connectivity index (χ3n) is 6.40. The molecule has 2 fully saturated rings. The Morgan fingerprint density at radius 3 is 2.50 bits per heavy atom. The molecule has 1 aromatic carbocycles. The van der Waals surface area contributed by atoms with Crippen LogP contribution >= 0.6 is 0 Å². The molecule has 0 spiro atoms. The summed E-state index contributed by atoms with van der Waals surface area (Å²) in [4.78, 5) is 45.3. The molecule has 0 bridgehead atoms. The molecular formula is C25H38N4O5. The van der Waals surface area contributed by atoms with Gasteiger partial charge in [-0.05, 0) is 49.6 Å². The zero-order chi connectivity index (χ0) is 24.7. The van der Waals surface area contributed by atoms with E-state index < -0.39 is 6.04 Å². The van der Waals surface area contributed by atoms with Crippen LogP contribution in [0.4, 0.5) is 0 Å². The zero-order valence-corrected chi connectivity index (χ0v) is 20.8. The third kappa shape index (κ3) is 6.27. The molecule has 2 aliphatic rings. The molecule has 34 heavy (non-hydrogen) atoms. The second-order valence-electron chi connectivity index (χ2n) is 9.39. The molecule has 2 heterocycles. The maximum atomic E-state index is 13.5. The molecule has 0 aromatic heterocycles. The number of hydrogen-bond donors (Lipinski definition) is 1. The van der Waals surface area contributed by atoms with Gasteiger partial charge in [0.05, 0.1) is 13.2 Å². The molecule has 9 nitrogen and oxygen atoms in total. The Morgan fingerprint density at radius 2 is 1.85 bits per heavy atom. The maximum absolute atomic E-state index is 13.5. The van der Waals surface area contributed by atoms with Crippen molar-refractivity contribution >= 4 is 17.7 Å². The molecule has 1 aromatic rings. The Kier molecular flexibility index (Phi) is 9.29. The van der Waals surface area contributed by atoms with E-state index in [1.54, 1.807) is 36.3 Å². The van der Waals surface area contributed by atoms with Gasteiger partial charge in [-0.1, -0.05) is 13.8 Å². The molecule has 2 saturated heterocycles. The number of benzene rings is 1. The lowest BCUT2D eigenvalue weighted by molar-refractivity contribution is -0.145. The van der Waals surface area contributed by atoms with Gasteiger partial charge in [-0.25, -0.2) is 0 Å². The summed E-state index contributed by atoms with van der Waals surface area (Å²) in [6.07, 6.45) is 1.30. The number of methoxy groups -OCH3 is 2. The second-order valence-corrected chi connectivity index (χ2v) is 9.39. The second kappa shape index (κ2) is 12.2. The van der Waals surface area contributed by atoms with Gasteiger partial charge >= 0.3 is 0 Å². The van der Waals surface area contributed by atoms with Crippen molar-refractivity contribution in [3.63, 3.8) is 0 Å². The highest BCUT2D eigenvalue weighted by atomic mass is 16.5. The van der Waals surface area contributed by atoms with Gasteiger partial charge in [0.15, 0.2) is 0 Å². The first kappa shape index (κ1) is 26.0. The lowest BCUT2D eigenvalue weighted by Gasteiger charge is -2.31. The number of carbonyl (C=O) groups is 3. The van der Waals surface area contributed by atoms with E-state index in [0.717, 1.165) is 19.5 Å². The molecule has 2 atom stereocenters. The first-order chi connectivity index (χ1) is 16.3. The highest BCUT2D eigenvalue weighted by molar-refractivity contribution is 5.95. The number of rotatable bonds is 8. The Balaban J connectivity index is 1.85. The maximum Gasteiger partial charge on any atom is 0.254 e. The summed E-state index contributed by atoms with van der Waals surface area (Å²) < 4.78 is 10.3. The number of hydrogen-bond acceptors (Lipinski definition) is 6. The van der Waals surface area contributed by atoms with Crippen LogP contribution in [0.15, 0.2) is 24.3 Å². The molecule has 2 unspecified atom stereocenters. The number of amides is 3. The summed E-state index contributed by atoms with van der Waals surface area (Å²) in [5.41, 5.74) is 0.560. The number of nitrogens with one attached hydrogen (secondary N) is 1. The van der Waals surface area contributed by atoms with Gasteiger partial charge in [-0.2, -0.15) is 0 Å². The summed E-state index contributed by atoms with van der Waals surface area (Å²) in [6, 6.07) is 6.20. The molecule has 9 heteroatoms. The van der Waals surface area contributed by atoms with Crippen molar-refractivity contribution in [3.8, 4) is 5.75 Å². The van der Waals surface area contributed by atoms with E-state index in [4.69, 9.17) is 9.47 Å². The summed E-state index contributed by atoms with van der Waals surface area (Å²) in [5.74, 6) is 0.542. The number of ether oxygens (including phenoxy) is 2. The normalized spacial score (nSPS) is 20.9.